The Bertz CT molecular complexity index is 348. The smallest absolute Gasteiger partial charge is 0.263 e. The van der Waals surface area contributed by atoms with Crippen molar-refractivity contribution in [1.82, 2.24) is 21.2 Å². The number of amides is 3. The normalized spacial score (nSPS) is 11.1. The molecule has 3 amide bonds. The zero-order valence-electron chi connectivity index (χ0n) is 10.5. The Morgan fingerprint density at radius 1 is 1.53 bits per heavy atom. The van der Waals surface area contributed by atoms with Crippen LogP contribution in [0.15, 0.2) is 0 Å². The van der Waals surface area contributed by atoms with Crippen LogP contribution in [0.5, 0.6) is 0 Å². The summed E-state index contributed by atoms with van der Waals surface area (Å²) in [6, 6.07) is -0.903. The molecule has 7 N–H and O–H groups in total. The van der Waals surface area contributed by atoms with Crippen molar-refractivity contribution in [2.75, 3.05) is 6.54 Å². The number of nitrogens with two attached hydrogens (primary N) is 1. The Morgan fingerprint density at radius 3 is 2.63 bits per heavy atom. The maximum atomic E-state index is 11.6. The highest BCUT2D eigenvalue weighted by molar-refractivity contribution is 5.85. The Labute approximate surface area is 109 Å². The molecule has 0 aliphatic carbocycles. The maximum Gasteiger partial charge on any atom is 0.263 e. The molecular formula is C9H18N6O4. The first kappa shape index (κ1) is 16.6. The van der Waals surface area contributed by atoms with E-state index in [1.165, 1.54) is 0 Å². The summed E-state index contributed by atoms with van der Waals surface area (Å²) in [4.78, 5) is 32.7. The molecule has 1 atom stereocenters. The summed E-state index contributed by atoms with van der Waals surface area (Å²) in [7, 11) is 0. The van der Waals surface area contributed by atoms with Crippen LogP contribution in [-0.2, 0) is 14.4 Å². The highest BCUT2D eigenvalue weighted by Crippen LogP contribution is 1.97. The molecule has 108 valence electrons. The van der Waals surface area contributed by atoms with Crippen molar-refractivity contribution in [3.05, 3.63) is 0 Å². The maximum absolute atomic E-state index is 11.6. The number of guanidine groups is 1. The molecule has 0 unspecified atom stereocenters. The molecule has 19 heavy (non-hydrogen) atoms. The molecule has 0 rings (SSSR count). The van der Waals surface area contributed by atoms with Crippen LogP contribution in [0.3, 0.4) is 0 Å². The predicted molar refractivity (Wildman–Crippen MR) is 64.6 cm³/mol. The van der Waals surface area contributed by atoms with Gasteiger partial charge in [-0.25, -0.2) is 5.43 Å². The van der Waals surface area contributed by atoms with Crippen LogP contribution in [0.1, 0.15) is 19.8 Å². The molecule has 10 heteroatoms. The Morgan fingerprint density at radius 2 is 2.16 bits per heavy atom. The minimum absolute atomic E-state index is 0.0373. The van der Waals surface area contributed by atoms with Crippen molar-refractivity contribution >= 4 is 24.2 Å². The van der Waals surface area contributed by atoms with Gasteiger partial charge in [-0.3, -0.25) is 25.0 Å². The van der Waals surface area contributed by atoms with E-state index in [1.807, 2.05) is 5.43 Å². The summed E-state index contributed by atoms with van der Waals surface area (Å²) in [5.41, 5.74) is 6.98. The monoisotopic (exact) mass is 274 g/mol. The van der Waals surface area contributed by atoms with Gasteiger partial charge in [-0.05, 0) is 12.8 Å². The third kappa shape index (κ3) is 7.54. The Hall–Kier alpha value is -2.36. The van der Waals surface area contributed by atoms with Crippen LogP contribution < -0.4 is 21.8 Å². The first-order valence-electron chi connectivity index (χ1n) is 5.46. The Balaban J connectivity index is 4.22. The average molecular weight is 274 g/mol. The van der Waals surface area contributed by atoms with Gasteiger partial charge >= 0.3 is 0 Å². The van der Waals surface area contributed by atoms with Crippen molar-refractivity contribution in [2.24, 2.45) is 5.73 Å². The number of carbonyl (C=O) groups excluding carboxylic acids is 3. The average Bonchev–Trinajstić information content (AvgIpc) is 2.32. The van der Waals surface area contributed by atoms with Gasteiger partial charge in [0.2, 0.25) is 6.41 Å². The van der Waals surface area contributed by atoms with Crippen LogP contribution in [0, 0.1) is 5.41 Å². The van der Waals surface area contributed by atoms with Crippen molar-refractivity contribution in [3.8, 4) is 0 Å². The van der Waals surface area contributed by atoms with Crippen LogP contribution in [0.2, 0.25) is 0 Å². The topological polar surface area (TPSA) is 161 Å². The van der Waals surface area contributed by atoms with Gasteiger partial charge in [0.05, 0.1) is 0 Å². The van der Waals surface area contributed by atoms with E-state index in [1.54, 1.807) is 0 Å². The quantitative estimate of drug-likeness (QED) is 0.0759. The first-order chi connectivity index (χ1) is 8.88. The number of nitrogens with one attached hydrogen (secondary N) is 4. The van der Waals surface area contributed by atoms with E-state index in [0.29, 0.717) is 19.4 Å². The van der Waals surface area contributed by atoms with Gasteiger partial charge in [0, 0.05) is 13.5 Å². The standard InChI is InChI=1S/C9H18N6O4/c1-6(17)15(19)14-8(18)7(13-5-16)3-2-4-12-9(10)11/h5,7,19H,2-4H2,1H3,(H,13,16)(H,14,18)(H4,10,11,12)/t7-/m0/s1. The fourth-order valence-electron chi connectivity index (χ4n) is 1.16. The van der Waals surface area contributed by atoms with Crippen molar-refractivity contribution in [2.45, 2.75) is 25.8 Å². The van der Waals surface area contributed by atoms with Gasteiger partial charge in [-0.2, -0.15) is 0 Å². The second-order valence-corrected chi connectivity index (χ2v) is 3.63. The first-order valence-corrected chi connectivity index (χ1v) is 5.46. The van der Waals surface area contributed by atoms with Gasteiger partial charge in [0.25, 0.3) is 11.8 Å². The minimum atomic E-state index is -0.903. The van der Waals surface area contributed by atoms with Crippen molar-refractivity contribution in [3.63, 3.8) is 0 Å². The molecule has 0 heterocycles. The fourth-order valence-corrected chi connectivity index (χ4v) is 1.16. The fraction of sp³-hybridized carbons (Fsp3) is 0.556. The van der Waals surface area contributed by atoms with Crippen molar-refractivity contribution < 1.29 is 19.6 Å². The highest BCUT2D eigenvalue weighted by Gasteiger charge is 2.20. The molecule has 0 radical (unpaired) electrons. The third-order valence-corrected chi connectivity index (χ3v) is 2.09. The van der Waals surface area contributed by atoms with E-state index in [4.69, 9.17) is 16.4 Å². The van der Waals surface area contributed by atoms with E-state index in [-0.39, 0.29) is 17.6 Å². The van der Waals surface area contributed by atoms with Crippen LogP contribution >= 0.6 is 0 Å². The molecule has 0 aromatic rings. The Kier molecular flexibility index (Phi) is 7.61. The zero-order valence-corrected chi connectivity index (χ0v) is 10.5. The van der Waals surface area contributed by atoms with Gasteiger partial charge < -0.3 is 16.4 Å². The molecule has 0 saturated heterocycles. The summed E-state index contributed by atoms with van der Waals surface area (Å²) in [5, 5.41) is 20.8. The molecule has 0 aromatic carbocycles. The second kappa shape index (κ2) is 8.69. The zero-order chi connectivity index (χ0) is 14.8. The molecule has 0 bridgehead atoms. The SMILES string of the molecule is CC(=O)N(O)NC(=O)[C@H](CCCNC(=N)N)NC=O. The van der Waals surface area contributed by atoms with E-state index in [9.17, 15) is 14.4 Å². The number of hydrogen-bond acceptors (Lipinski definition) is 5. The van der Waals surface area contributed by atoms with Crippen LogP contribution in [0.25, 0.3) is 0 Å². The summed E-state index contributed by atoms with van der Waals surface area (Å²) < 4.78 is 0. The molecule has 0 aliphatic heterocycles. The number of hydrogen-bond donors (Lipinski definition) is 6. The molecule has 0 fully saturated rings. The lowest BCUT2D eigenvalue weighted by molar-refractivity contribution is -0.182. The summed E-state index contributed by atoms with van der Waals surface area (Å²) in [6.07, 6.45) is 1.04. The number of rotatable bonds is 7. The van der Waals surface area contributed by atoms with E-state index in [2.05, 4.69) is 10.6 Å². The number of nitrogens with zero attached hydrogens (tertiary/aromatic N) is 1. The lowest BCUT2D eigenvalue weighted by atomic mass is 10.1. The largest absolute Gasteiger partial charge is 0.370 e. The van der Waals surface area contributed by atoms with Gasteiger partial charge in [0.15, 0.2) is 5.96 Å². The number of hydrazine groups is 1. The second-order valence-electron chi connectivity index (χ2n) is 3.63. The lowest BCUT2D eigenvalue weighted by Gasteiger charge is -2.19. The number of carbonyl (C=O) groups is 3. The van der Waals surface area contributed by atoms with Crippen molar-refractivity contribution in [1.29, 1.82) is 5.41 Å². The summed E-state index contributed by atoms with van der Waals surface area (Å²) in [6.45, 7) is 1.41. The lowest BCUT2D eigenvalue weighted by Crippen LogP contribution is -2.51. The number of hydroxylamine groups is 1. The minimum Gasteiger partial charge on any atom is -0.370 e. The van der Waals surface area contributed by atoms with E-state index >= 15 is 0 Å². The van der Waals surface area contributed by atoms with Crippen LogP contribution in [-0.4, -0.2) is 47.2 Å². The summed E-state index contributed by atoms with van der Waals surface area (Å²) >= 11 is 0. The van der Waals surface area contributed by atoms with Crippen LogP contribution in [0.4, 0.5) is 0 Å². The highest BCUT2D eigenvalue weighted by atomic mass is 16.6. The molecule has 0 saturated carbocycles. The van der Waals surface area contributed by atoms with E-state index in [0.717, 1.165) is 6.92 Å². The van der Waals surface area contributed by atoms with Gasteiger partial charge in [-0.1, -0.05) is 0 Å². The molecule has 0 aliphatic rings. The molecular weight excluding hydrogens is 256 g/mol. The van der Waals surface area contributed by atoms with Gasteiger partial charge in [0.1, 0.15) is 6.04 Å². The molecule has 0 aromatic heterocycles. The van der Waals surface area contributed by atoms with Gasteiger partial charge in [-0.15, -0.1) is 5.17 Å². The summed E-state index contributed by atoms with van der Waals surface area (Å²) in [5.74, 6) is -1.69. The molecule has 0 spiro atoms. The molecule has 10 nitrogen and oxygen atoms in total. The van der Waals surface area contributed by atoms with E-state index < -0.39 is 17.9 Å². The third-order valence-electron chi connectivity index (χ3n) is 2.09. The predicted octanol–water partition coefficient (Wildman–Crippen LogP) is -2.37.